The van der Waals surface area contributed by atoms with Crippen molar-refractivity contribution in [1.82, 2.24) is 19.8 Å². The lowest BCUT2D eigenvalue weighted by atomic mass is 10.1. The monoisotopic (exact) mass is 449 g/mol. The van der Waals surface area contributed by atoms with Crippen molar-refractivity contribution in [2.45, 2.75) is 37.8 Å². The highest BCUT2D eigenvalue weighted by atomic mass is 19.2. The molecule has 4 heterocycles. The van der Waals surface area contributed by atoms with Crippen LogP contribution < -0.4 is 20.6 Å². The van der Waals surface area contributed by atoms with Gasteiger partial charge in [-0.3, -0.25) is 9.36 Å². The summed E-state index contributed by atoms with van der Waals surface area (Å²) in [7, 11) is 0. The van der Waals surface area contributed by atoms with Crippen molar-refractivity contribution in [2.24, 2.45) is 0 Å². The fraction of sp³-hybridized carbons (Fsp3) is 0.476. The highest BCUT2D eigenvalue weighted by molar-refractivity contribution is 5.82. The van der Waals surface area contributed by atoms with Crippen molar-refractivity contribution in [1.29, 1.82) is 0 Å². The normalized spacial score (nSPS) is 24.4. The summed E-state index contributed by atoms with van der Waals surface area (Å²) in [5.41, 5.74) is -0.0693. The van der Waals surface area contributed by atoms with E-state index in [0.717, 1.165) is 12.1 Å². The van der Waals surface area contributed by atoms with Crippen LogP contribution in [0.25, 0.3) is 0 Å². The lowest BCUT2D eigenvalue weighted by molar-refractivity contribution is -0.134. The predicted molar refractivity (Wildman–Crippen MR) is 108 cm³/mol. The van der Waals surface area contributed by atoms with Gasteiger partial charge in [-0.1, -0.05) is 6.07 Å². The number of carbonyl (C=O) groups is 1. The zero-order valence-corrected chi connectivity index (χ0v) is 17.1. The van der Waals surface area contributed by atoms with E-state index in [0.29, 0.717) is 37.6 Å². The Morgan fingerprint density at radius 2 is 2.03 bits per heavy atom. The molecule has 0 bridgehead atoms. The number of rotatable bonds is 4. The molecule has 11 heteroatoms. The average Bonchev–Trinajstić information content (AvgIpc) is 3.37. The van der Waals surface area contributed by atoms with Crippen LogP contribution >= 0.6 is 0 Å². The number of ether oxygens (including phenoxy) is 1. The van der Waals surface area contributed by atoms with E-state index in [4.69, 9.17) is 4.74 Å². The molecule has 1 amide bonds. The van der Waals surface area contributed by atoms with E-state index >= 15 is 0 Å². The van der Waals surface area contributed by atoms with Crippen molar-refractivity contribution in [3.8, 4) is 5.88 Å². The summed E-state index contributed by atoms with van der Waals surface area (Å²) in [6.07, 6.45) is -0.818. The van der Waals surface area contributed by atoms with Crippen LogP contribution in [0.4, 0.5) is 19.0 Å². The second-order valence-corrected chi connectivity index (χ2v) is 8.31. The number of benzene rings is 1. The van der Waals surface area contributed by atoms with Crippen LogP contribution in [0.3, 0.4) is 0 Å². The molecule has 1 aromatic heterocycles. The molecule has 1 N–H and O–H groups in total. The van der Waals surface area contributed by atoms with E-state index in [2.05, 4.69) is 10.3 Å². The number of carbonyl (C=O) groups excluding carboxylic acids is 1. The van der Waals surface area contributed by atoms with Gasteiger partial charge in [0.05, 0.1) is 18.6 Å². The minimum absolute atomic E-state index is 0.0667. The number of aromatic nitrogens is 2. The molecular weight excluding hydrogens is 427 g/mol. The Kier molecular flexibility index (Phi) is 5.28. The summed E-state index contributed by atoms with van der Waals surface area (Å²) in [4.78, 5) is 33.0. The second-order valence-electron chi connectivity index (χ2n) is 8.31. The molecule has 5 rings (SSSR count). The number of anilines is 1. The molecule has 2 fully saturated rings. The Balaban J connectivity index is 1.28. The zero-order valence-electron chi connectivity index (χ0n) is 17.1. The molecule has 1 aromatic carbocycles. The summed E-state index contributed by atoms with van der Waals surface area (Å²) >= 11 is 0. The minimum atomic E-state index is -1.00. The third-order valence-corrected chi connectivity index (χ3v) is 6.19. The van der Waals surface area contributed by atoms with Gasteiger partial charge in [-0.15, -0.1) is 0 Å². The standard InChI is InChI=1S/C21H22F3N5O3/c22-13-6-17(25-8-13)20(30)27-3-4-28-14(9-27)10-29-19(28)7-18(26-21(29)31)32-11-12-1-2-15(23)16(24)5-12/h1-2,5,7,13-14,17,25H,3-4,6,8-11H2/t13-,14?,17-/m0/s1. The Bertz CT molecular complexity index is 1110. The SMILES string of the molecule is O=C([C@@H]1C[C@H](F)CN1)N1CCN2c3cc(OCc4ccc(F)c(F)c4)nc(=O)n3CC2C1. The lowest BCUT2D eigenvalue weighted by Crippen LogP contribution is -2.56. The van der Waals surface area contributed by atoms with Gasteiger partial charge < -0.3 is 19.9 Å². The smallest absolute Gasteiger partial charge is 0.352 e. The Labute approximate surface area is 181 Å². The number of hydrogen-bond donors (Lipinski definition) is 1. The molecule has 0 saturated carbocycles. The number of amides is 1. The second kappa shape index (κ2) is 8.12. The van der Waals surface area contributed by atoms with E-state index in [1.807, 2.05) is 4.90 Å². The highest BCUT2D eigenvalue weighted by Crippen LogP contribution is 2.30. The van der Waals surface area contributed by atoms with E-state index in [1.165, 1.54) is 10.6 Å². The molecule has 2 saturated heterocycles. The van der Waals surface area contributed by atoms with E-state index in [9.17, 15) is 22.8 Å². The fourth-order valence-electron chi connectivity index (χ4n) is 4.57. The first-order chi connectivity index (χ1) is 15.4. The quantitative estimate of drug-likeness (QED) is 0.745. The van der Waals surface area contributed by atoms with Gasteiger partial charge in [-0.05, 0) is 17.7 Å². The Hall–Kier alpha value is -3.08. The number of alkyl halides is 1. The van der Waals surface area contributed by atoms with E-state index < -0.39 is 29.5 Å². The van der Waals surface area contributed by atoms with E-state index in [-0.39, 0.29) is 37.4 Å². The minimum Gasteiger partial charge on any atom is -0.473 e. The number of halogens is 3. The predicted octanol–water partition coefficient (Wildman–Crippen LogP) is 0.831. The summed E-state index contributed by atoms with van der Waals surface area (Å²) in [6, 6.07) is 4.50. The zero-order chi connectivity index (χ0) is 22.4. The number of piperazine rings is 1. The first-order valence-electron chi connectivity index (χ1n) is 10.5. The van der Waals surface area contributed by atoms with Crippen LogP contribution in [0, 0.1) is 11.6 Å². The Morgan fingerprint density at radius 1 is 1.19 bits per heavy atom. The maximum Gasteiger partial charge on any atom is 0.352 e. The van der Waals surface area contributed by atoms with Gasteiger partial charge in [0.2, 0.25) is 11.8 Å². The molecule has 170 valence electrons. The van der Waals surface area contributed by atoms with Crippen LogP contribution in [-0.2, 0) is 17.9 Å². The van der Waals surface area contributed by atoms with Gasteiger partial charge in [0.25, 0.3) is 0 Å². The van der Waals surface area contributed by atoms with Crippen LogP contribution in [0.1, 0.15) is 12.0 Å². The first-order valence-corrected chi connectivity index (χ1v) is 10.5. The van der Waals surface area contributed by atoms with Crippen LogP contribution in [0.5, 0.6) is 5.88 Å². The molecule has 2 aromatic rings. The first kappa shape index (κ1) is 20.8. The van der Waals surface area contributed by atoms with Crippen molar-refractivity contribution < 1.29 is 22.7 Å². The molecule has 0 spiro atoms. The van der Waals surface area contributed by atoms with Crippen molar-refractivity contribution >= 4 is 11.7 Å². The molecule has 3 atom stereocenters. The van der Waals surface area contributed by atoms with E-state index in [1.54, 1.807) is 11.0 Å². The highest BCUT2D eigenvalue weighted by Gasteiger charge is 2.40. The number of nitrogens with one attached hydrogen (secondary N) is 1. The molecular formula is C21H22F3N5O3. The fourth-order valence-corrected chi connectivity index (χ4v) is 4.57. The molecule has 3 aliphatic heterocycles. The van der Waals surface area contributed by atoms with Gasteiger partial charge in [0, 0.05) is 38.7 Å². The van der Waals surface area contributed by atoms with Crippen LogP contribution in [0.2, 0.25) is 0 Å². The largest absolute Gasteiger partial charge is 0.473 e. The summed E-state index contributed by atoms with van der Waals surface area (Å²) in [5, 5.41) is 2.93. The van der Waals surface area contributed by atoms with Crippen molar-refractivity contribution in [3.05, 3.63) is 51.9 Å². The van der Waals surface area contributed by atoms with Gasteiger partial charge in [0.1, 0.15) is 18.6 Å². The molecule has 8 nitrogen and oxygen atoms in total. The summed E-state index contributed by atoms with van der Waals surface area (Å²) in [6.45, 7) is 1.93. The summed E-state index contributed by atoms with van der Waals surface area (Å²) in [5.74, 6) is -1.29. The molecule has 32 heavy (non-hydrogen) atoms. The van der Waals surface area contributed by atoms with Crippen molar-refractivity contribution in [2.75, 3.05) is 31.1 Å². The maximum absolute atomic E-state index is 13.5. The Morgan fingerprint density at radius 3 is 2.78 bits per heavy atom. The third-order valence-electron chi connectivity index (χ3n) is 6.19. The average molecular weight is 449 g/mol. The number of nitrogens with zero attached hydrogens (tertiary/aromatic N) is 4. The lowest BCUT2D eigenvalue weighted by Gasteiger charge is -2.39. The van der Waals surface area contributed by atoms with Crippen LogP contribution in [-0.4, -0.2) is 64.8 Å². The topological polar surface area (TPSA) is 79.7 Å². The van der Waals surface area contributed by atoms with Crippen LogP contribution in [0.15, 0.2) is 29.1 Å². The summed E-state index contributed by atoms with van der Waals surface area (Å²) < 4.78 is 47.0. The molecule has 3 aliphatic rings. The molecule has 0 aliphatic carbocycles. The van der Waals surface area contributed by atoms with Gasteiger partial charge in [-0.2, -0.15) is 4.98 Å². The number of hydrogen-bond acceptors (Lipinski definition) is 6. The molecule has 1 unspecified atom stereocenters. The van der Waals surface area contributed by atoms with Gasteiger partial charge in [0.15, 0.2) is 11.6 Å². The molecule has 0 radical (unpaired) electrons. The third kappa shape index (κ3) is 3.81. The van der Waals surface area contributed by atoms with Gasteiger partial charge in [-0.25, -0.2) is 18.0 Å². The van der Waals surface area contributed by atoms with Crippen molar-refractivity contribution in [3.63, 3.8) is 0 Å². The maximum atomic E-state index is 13.5. The van der Waals surface area contributed by atoms with Gasteiger partial charge >= 0.3 is 5.69 Å². The number of fused-ring (bicyclic) bond motifs is 3.